The van der Waals surface area contributed by atoms with Gasteiger partial charge in [0.25, 0.3) is 10.1 Å². The minimum Gasteiger partial charge on any atom is -0.382 e. The highest BCUT2D eigenvalue weighted by molar-refractivity contribution is 7.85. The lowest BCUT2D eigenvalue weighted by Gasteiger charge is -2.00. The third kappa shape index (κ3) is 57.6. The molecule has 0 heterocycles. The second kappa shape index (κ2) is 13.7. The SMILES string of the molecule is COCCOCCOC.CS(=O)(=O)O.F. The van der Waals surface area contributed by atoms with E-state index in [-0.39, 0.29) is 4.70 Å². The maximum Gasteiger partial charge on any atom is 0.261 e. The van der Waals surface area contributed by atoms with Gasteiger partial charge in [-0.1, -0.05) is 0 Å². The summed E-state index contributed by atoms with van der Waals surface area (Å²) >= 11 is 0. The molecule has 0 radical (unpaired) electrons. The first-order valence-electron chi connectivity index (χ1n) is 3.90. The van der Waals surface area contributed by atoms with Crippen LogP contribution >= 0.6 is 0 Å². The lowest BCUT2D eigenvalue weighted by molar-refractivity contribution is 0.0385. The van der Waals surface area contributed by atoms with Crippen molar-refractivity contribution in [2.24, 2.45) is 0 Å². The molecule has 0 saturated heterocycles. The van der Waals surface area contributed by atoms with Crippen LogP contribution in [0, 0.1) is 0 Å². The van der Waals surface area contributed by atoms with Gasteiger partial charge in [-0.05, 0) is 0 Å². The Morgan fingerprint density at radius 1 is 1.00 bits per heavy atom. The molecule has 6 nitrogen and oxygen atoms in total. The van der Waals surface area contributed by atoms with Crippen LogP contribution in [0.4, 0.5) is 4.70 Å². The van der Waals surface area contributed by atoms with Gasteiger partial charge in [-0.15, -0.1) is 0 Å². The summed E-state index contributed by atoms with van der Waals surface area (Å²) in [7, 11) is -0.362. The average molecular weight is 250 g/mol. The van der Waals surface area contributed by atoms with Gasteiger partial charge in [0.2, 0.25) is 0 Å². The monoisotopic (exact) mass is 250 g/mol. The Morgan fingerprint density at radius 2 is 1.27 bits per heavy atom. The average Bonchev–Trinajstić information content (AvgIpc) is 2.01. The molecule has 1 N–H and O–H groups in total. The predicted octanol–water partition coefficient (Wildman–Crippen LogP) is -0.0477. The summed E-state index contributed by atoms with van der Waals surface area (Å²) in [6, 6.07) is 0. The summed E-state index contributed by atoms with van der Waals surface area (Å²) in [6.07, 6.45) is 0.715. The predicted molar refractivity (Wildman–Crippen MR) is 54.5 cm³/mol. The van der Waals surface area contributed by atoms with E-state index in [1.807, 2.05) is 0 Å². The highest BCUT2D eigenvalue weighted by Crippen LogP contribution is 1.75. The second-order valence-corrected chi connectivity index (χ2v) is 3.80. The number of hydrogen-bond acceptors (Lipinski definition) is 5. The number of rotatable bonds is 6. The summed E-state index contributed by atoms with van der Waals surface area (Å²) in [4.78, 5) is 0. The van der Waals surface area contributed by atoms with Crippen LogP contribution in [0.25, 0.3) is 0 Å². The zero-order chi connectivity index (χ0) is 11.4. The maximum absolute atomic E-state index is 9.19. The Hall–Kier alpha value is -0.280. The molecule has 0 aliphatic heterocycles. The van der Waals surface area contributed by atoms with E-state index in [0.29, 0.717) is 32.7 Å². The summed E-state index contributed by atoms with van der Waals surface area (Å²) in [5.74, 6) is 0. The molecule has 0 aromatic heterocycles. The standard InChI is InChI=1S/C6H14O3.CH4O3S.FH/c1-7-3-5-9-6-4-8-2;1-5(2,3)4;/h3-6H2,1-2H3;1H3,(H,2,3,4);1H. The molecule has 0 spiro atoms. The van der Waals surface area contributed by atoms with E-state index in [4.69, 9.17) is 18.8 Å². The molecule has 0 fully saturated rings. The van der Waals surface area contributed by atoms with E-state index >= 15 is 0 Å². The molecule has 0 aliphatic carbocycles. The molecule has 0 aromatic carbocycles. The molecular weight excluding hydrogens is 231 g/mol. The van der Waals surface area contributed by atoms with Crippen LogP contribution in [0.3, 0.4) is 0 Å². The van der Waals surface area contributed by atoms with Crippen molar-refractivity contribution in [2.45, 2.75) is 0 Å². The zero-order valence-electron chi connectivity index (χ0n) is 9.13. The van der Waals surface area contributed by atoms with E-state index in [1.54, 1.807) is 14.2 Å². The van der Waals surface area contributed by atoms with Gasteiger partial charge in [0.15, 0.2) is 0 Å². The van der Waals surface area contributed by atoms with Crippen LogP contribution < -0.4 is 0 Å². The highest BCUT2D eigenvalue weighted by Gasteiger charge is 1.84. The molecular formula is C7H19FO6S. The Kier molecular flexibility index (Phi) is 18.5. The normalized spacial score (nSPS) is 9.87. The molecule has 8 heteroatoms. The number of hydrogen-bond donors (Lipinski definition) is 1. The fourth-order valence-electron chi connectivity index (χ4n) is 0.387. The largest absolute Gasteiger partial charge is 0.382 e. The van der Waals surface area contributed by atoms with E-state index in [9.17, 15) is 8.42 Å². The zero-order valence-corrected chi connectivity index (χ0v) is 9.95. The fraction of sp³-hybridized carbons (Fsp3) is 1.00. The van der Waals surface area contributed by atoms with Crippen molar-refractivity contribution in [3.63, 3.8) is 0 Å². The summed E-state index contributed by atoms with van der Waals surface area (Å²) in [5.41, 5.74) is 0. The molecule has 0 unspecified atom stereocenters. The molecule has 0 amide bonds. The van der Waals surface area contributed by atoms with Gasteiger partial charge in [0.1, 0.15) is 0 Å². The Bertz CT molecular complexity index is 180. The molecule has 0 aliphatic rings. The third-order valence-corrected chi connectivity index (χ3v) is 0.864. The van der Waals surface area contributed by atoms with E-state index in [2.05, 4.69) is 0 Å². The quantitative estimate of drug-likeness (QED) is 0.526. The van der Waals surface area contributed by atoms with Crippen LogP contribution in [0.1, 0.15) is 0 Å². The lowest BCUT2D eigenvalue weighted by atomic mass is 10.7. The molecule has 96 valence electrons. The molecule has 0 atom stereocenters. The summed E-state index contributed by atoms with van der Waals surface area (Å²) < 4.78 is 40.4. The van der Waals surface area contributed by atoms with Gasteiger partial charge < -0.3 is 14.2 Å². The van der Waals surface area contributed by atoms with E-state index in [1.165, 1.54) is 0 Å². The summed E-state index contributed by atoms with van der Waals surface area (Å²) in [5, 5.41) is 0. The lowest BCUT2D eigenvalue weighted by Crippen LogP contribution is -2.06. The first-order chi connectivity index (χ1) is 6.41. The van der Waals surface area contributed by atoms with Gasteiger partial charge in [0, 0.05) is 14.2 Å². The maximum atomic E-state index is 9.19. The van der Waals surface area contributed by atoms with Crippen LogP contribution in [0.15, 0.2) is 0 Å². The van der Waals surface area contributed by atoms with Crippen LogP contribution in [0.5, 0.6) is 0 Å². The number of ether oxygens (including phenoxy) is 3. The molecule has 0 rings (SSSR count). The van der Waals surface area contributed by atoms with Crippen LogP contribution in [-0.4, -0.2) is 59.9 Å². The highest BCUT2D eigenvalue weighted by atomic mass is 32.2. The number of halogens is 1. The number of methoxy groups -OCH3 is 2. The Morgan fingerprint density at radius 3 is 1.47 bits per heavy atom. The van der Waals surface area contributed by atoms with Crippen molar-refractivity contribution in [1.29, 1.82) is 0 Å². The topological polar surface area (TPSA) is 82.1 Å². The third-order valence-electron chi connectivity index (χ3n) is 0.864. The van der Waals surface area contributed by atoms with Crippen molar-refractivity contribution >= 4 is 10.1 Å². The van der Waals surface area contributed by atoms with Crippen molar-refractivity contribution in [3.8, 4) is 0 Å². The van der Waals surface area contributed by atoms with Gasteiger partial charge in [-0.3, -0.25) is 9.26 Å². The smallest absolute Gasteiger partial charge is 0.261 e. The first-order valence-corrected chi connectivity index (χ1v) is 5.74. The van der Waals surface area contributed by atoms with Gasteiger partial charge in [-0.2, -0.15) is 8.42 Å². The Balaban J connectivity index is -0.000000208. The van der Waals surface area contributed by atoms with Crippen molar-refractivity contribution in [2.75, 3.05) is 46.9 Å². The minimum atomic E-state index is -3.67. The first kappa shape index (κ1) is 20.2. The molecule has 15 heavy (non-hydrogen) atoms. The molecule has 0 aromatic rings. The van der Waals surface area contributed by atoms with Crippen molar-refractivity contribution in [1.82, 2.24) is 0 Å². The van der Waals surface area contributed by atoms with E-state index in [0.717, 1.165) is 0 Å². The van der Waals surface area contributed by atoms with E-state index < -0.39 is 10.1 Å². The minimum absolute atomic E-state index is 0. The second-order valence-electron chi connectivity index (χ2n) is 2.33. The molecule has 0 bridgehead atoms. The van der Waals surface area contributed by atoms with Gasteiger partial charge in [0.05, 0.1) is 32.7 Å². The van der Waals surface area contributed by atoms with Crippen LogP contribution in [-0.2, 0) is 24.3 Å². The van der Waals surface area contributed by atoms with Crippen LogP contribution in [0.2, 0.25) is 0 Å². The van der Waals surface area contributed by atoms with Gasteiger partial charge >= 0.3 is 0 Å². The van der Waals surface area contributed by atoms with Gasteiger partial charge in [-0.25, -0.2) is 0 Å². The van der Waals surface area contributed by atoms with Crippen molar-refractivity contribution in [3.05, 3.63) is 0 Å². The summed E-state index contributed by atoms with van der Waals surface area (Å²) in [6.45, 7) is 2.62. The Labute approximate surface area is 89.6 Å². The van der Waals surface area contributed by atoms with Crippen molar-refractivity contribution < 1.29 is 31.9 Å². The molecule has 0 saturated carbocycles. The fourth-order valence-corrected chi connectivity index (χ4v) is 0.387.